The summed E-state index contributed by atoms with van der Waals surface area (Å²) in [5.74, 6) is 0. The van der Waals surface area contributed by atoms with E-state index in [0.29, 0.717) is 11.0 Å². The van der Waals surface area contributed by atoms with E-state index < -0.39 is 7.12 Å². The largest absolute Gasteiger partial charge is 0.492 e. The molecule has 0 saturated carbocycles. The van der Waals surface area contributed by atoms with Crippen molar-refractivity contribution in [2.45, 2.75) is 0 Å². The molecule has 0 aliphatic carbocycles. The normalized spacial score (nSPS) is 11.2. The van der Waals surface area contributed by atoms with Crippen molar-refractivity contribution in [1.29, 1.82) is 0 Å². The number of para-hydroxylation sites is 4. The molecular formula is C44H28BBr3O4. The van der Waals surface area contributed by atoms with Gasteiger partial charge in [0.2, 0.25) is 0 Å². The molecule has 4 nitrogen and oxygen atoms in total. The molecule has 8 aromatic carbocycles. The molecule has 0 radical (unpaired) electrons. The highest BCUT2D eigenvalue weighted by Gasteiger charge is 2.19. The van der Waals surface area contributed by atoms with Gasteiger partial charge in [-0.3, -0.25) is 0 Å². The summed E-state index contributed by atoms with van der Waals surface area (Å²) in [4.78, 5) is 0. The van der Waals surface area contributed by atoms with Gasteiger partial charge < -0.3 is 18.9 Å². The van der Waals surface area contributed by atoms with Crippen LogP contribution in [0.3, 0.4) is 0 Å². The fourth-order valence-corrected chi connectivity index (χ4v) is 8.75. The summed E-state index contributed by atoms with van der Waals surface area (Å²) in [6.45, 7) is 0. The van der Waals surface area contributed by atoms with Gasteiger partial charge in [0.1, 0.15) is 22.3 Å². The SMILES string of the molecule is Brc1cccc2cccc(-c3cccc4c3oc3ccccc34)c12.Brc1cccc2cccc(Br)c12.OB(O)c1cccc2c1oc1ccccc12. The maximum absolute atomic E-state index is 9.24. The van der Waals surface area contributed by atoms with E-state index in [9.17, 15) is 10.0 Å². The lowest BCUT2D eigenvalue weighted by molar-refractivity contribution is 0.425. The fourth-order valence-electron chi connectivity index (χ4n) is 6.70. The zero-order valence-corrected chi connectivity index (χ0v) is 32.2. The van der Waals surface area contributed by atoms with Crippen molar-refractivity contribution in [1.82, 2.24) is 0 Å². The molecule has 0 aliphatic rings. The van der Waals surface area contributed by atoms with Gasteiger partial charge in [-0.05, 0) is 46.7 Å². The third kappa shape index (κ3) is 6.46. The summed E-state index contributed by atoms with van der Waals surface area (Å²) >= 11 is 10.7. The van der Waals surface area contributed by atoms with Crippen molar-refractivity contribution in [3.63, 3.8) is 0 Å². The quantitative estimate of drug-likeness (QED) is 0.170. The Kier molecular flexibility index (Phi) is 9.75. The van der Waals surface area contributed by atoms with Crippen molar-refractivity contribution in [2.75, 3.05) is 0 Å². The molecule has 0 bridgehead atoms. The Morgan fingerprint density at radius 3 is 1.38 bits per heavy atom. The molecule has 0 saturated heterocycles. The molecular weight excluding hydrogens is 843 g/mol. The minimum Gasteiger partial charge on any atom is -0.456 e. The smallest absolute Gasteiger partial charge is 0.456 e. The lowest BCUT2D eigenvalue weighted by Gasteiger charge is -2.09. The number of hydrogen-bond acceptors (Lipinski definition) is 4. The average molecular weight is 871 g/mol. The predicted octanol–water partition coefficient (Wildman–Crippen LogP) is 12.8. The van der Waals surface area contributed by atoms with E-state index in [1.165, 1.54) is 27.1 Å². The second-order valence-electron chi connectivity index (χ2n) is 12.2. The lowest BCUT2D eigenvalue weighted by Crippen LogP contribution is -2.29. The highest BCUT2D eigenvalue weighted by molar-refractivity contribution is 9.11. The van der Waals surface area contributed by atoms with Gasteiger partial charge >= 0.3 is 7.12 Å². The Morgan fingerprint density at radius 2 is 0.808 bits per heavy atom. The second-order valence-corrected chi connectivity index (χ2v) is 14.8. The van der Waals surface area contributed by atoms with Crippen LogP contribution in [0.2, 0.25) is 0 Å². The fraction of sp³-hybridized carbons (Fsp3) is 0. The minimum absolute atomic E-state index is 0.397. The standard InChI is InChI=1S/C22H13BrO.C12H9BO3.C10H6Br2/c23-19-12-4-7-14-6-3-9-16(21(14)19)18-11-5-10-17-15-8-1-2-13-20(15)24-22(17)18;14-13(15)10-6-3-5-9-8-4-1-2-7-11(8)16-12(9)10;11-8-5-1-3-7-4-2-6-9(12)10(7)8/h1-13H;1-7,14-15H;1-6H. The van der Waals surface area contributed by atoms with Crippen LogP contribution in [0.5, 0.6) is 0 Å². The molecule has 0 spiro atoms. The van der Waals surface area contributed by atoms with Gasteiger partial charge in [0.25, 0.3) is 0 Å². The van der Waals surface area contributed by atoms with Gasteiger partial charge in [-0.25, -0.2) is 0 Å². The van der Waals surface area contributed by atoms with Crippen LogP contribution in [0.15, 0.2) is 180 Å². The summed E-state index contributed by atoms with van der Waals surface area (Å²) in [6.07, 6.45) is 0. The van der Waals surface area contributed by atoms with Gasteiger partial charge in [0.15, 0.2) is 0 Å². The molecule has 10 rings (SSSR count). The molecule has 0 atom stereocenters. The summed E-state index contributed by atoms with van der Waals surface area (Å²) in [6, 6.07) is 52.7. The van der Waals surface area contributed by atoms with Crippen molar-refractivity contribution in [3.8, 4) is 11.1 Å². The van der Waals surface area contributed by atoms with Crippen LogP contribution in [0.25, 0.3) is 76.5 Å². The van der Waals surface area contributed by atoms with E-state index in [1.807, 2.05) is 66.7 Å². The van der Waals surface area contributed by atoms with Crippen LogP contribution in [0, 0.1) is 0 Å². The van der Waals surface area contributed by atoms with Gasteiger partial charge in [-0.2, -0.15) is 0 Å². The summed E-state index contributed by atoms with van der Waals surface area (Å²) < 4.78 is 15.2. The minimum atomic E-state index is -1.51. The Morgan fingerprint density at radius 1 is 0.385 bits per heavy atom. The highest BCUT2D eigenvalue weighted by Crippen LogP contribution is 2.40. The Balaban J connectivity index is 0.000000120. The molecule has 10 aromatic rings. The van der Waals surface area contributed by atoms with E-state index >= 15 is 0 Å². The monoisotopic (exact) mass is 868 g/mol. The van der Waals surface area contributed by atoms with Gasteiger partial charge in [-0.15, -0.1) is 0 Å². The molecule has 52 heavy (non-hydrogen) atoms. The molecule has 2 aromatic heterocycles. The third-order valence-corrected chi connectivity index (χ3v) is 11.0. The molecule has 0 aliphatic heterocycles. The van der Waals surface area contributed by atoms with Crippen molar-refractivity contribution < 1.29 is 18.9 Å². The number of halogens is 3. The first kappa shape index (κ1) is 34.4. The predicted molar refractivity (Wildman–Crippen MR) is 227 cm³/mol. The second kappa shape index (κ2) is 14.7. The Hall–Kier alpha value is -4.70. The van der Waals surface area contributed by atoms with Crippen LogP contribution in [0.4, 0.5) is 0 Å². The van der Waals surface area contributed by atoms with Gasteiger partial charge in [0, 0.05) is 56.8 Å². The number of hydrogen-bond donors (Lipinski definition) is 2. The summed E-state index contributed by atoms with van der Waals surface area (Å²) in [5.41, 5.74) is 5.88. The molecule has 0 fully saturated rings. The van der Waals surface area contributed by atoms with Crippen molar-refractivity contribution >= 4 is 126 Å². The van der Waals surface area contributed by atoms with E-state index in [2.05, 4.69) is 127 Å². The van der Waals surface area contributed by atoms with Crippen LogP contribution in [-0.4, -0.2) is 17.2 Å². The van der Waals surface area contributed by atoms with Crippen LogP contribution < -0.4 is 5.46 Å². The first-order chi connectivity index (χ1) is 25.4. The first-order valence-corrected chi connectivity index (χ1v) is 18.9. The maximum Gasteiger partial charge on any atom is 0.492 e. The van der Waals surface area contributed by atoms with Crippen LogP contribution in [-0.2, 0) is 0 Å². The Bertz CT molecular complexity index is 2850. The van der Waals surface area contributed by atoms with Crippen LogP contribution >= 0.6 is 47.8 Å². The number of rotatable bonds is 2. The number of furan rings is 2. The highest BCUT2D eigenvalue weighted by atomic mass is 79.9. The lowest BCUT2D eigenvalue weighted by atomic mass is 9.79. The summed E-state index contributed by atoms with van der Waals surface area (Å²) in [5, 5.41) is 27.6. The molecule has 252 valence electrons. The van der Waals surface area contributed by atoms with Gasteiger partial charge in [-0.1, -0.05) is 175 Å². The number of fused-ring (bicyclic) bond motifs is 8. The Labute approximate surface area is 324 Å². The average Bonchev–Trinajstić information content (AvgIpc) is 3.74. The molecule has 2 N–H and O–H groups in total. The number of benzene rings is 8. The molecule has 2 heterocycles. The third-order valence-electron chi connectivity index (χ3n) is 9.06. The van der Waals surface area contributed by atoms with E-state index in [1.54, 1.807) is 12.1 Å². The molecule has 0 unspecified atom stereocenters. The first-order valence-electron chi connectivity index (χ1n) is 16.6. The topological polar surface area (TPSA) is 66.7 Å². The molecule has 0 amide bonds. The maximum atomic E-state index is 9.24. The molecule has 8 heteroatoms. The van der Waals surface area contributed by atoms with Crippen molar-refractivity contribution in [3.05, 3.63) is 171 Å². The van der Waals surface area contributed by atoms with Crippen molar-refractivity contribution in [2.24, 2.45) is 0 Å². The zero-order chi connectivity index (χ0) is 35.8. The van der Waals surface area contributed by atoms with Gasteiger partial charge in [0.05, 0.1) is 0 Å². The van der Waals surface area contributed by atoms with Crippen LogP contribution in [0.1, 0.15) is 0 Å². The zero-order valence-electron chi connectivity index (χ0n) is 27.4. The van der Waals surface area contributed by atoms with E-state index in [4.69, 9.17) is 8.83 Å². The van der Waals surface area contributed by atoms with E-state index in [-0.39, 0.29) is 0 Å². The summed E-state index contributed by atoms with van der Waals surface area (Å²) in [7, 11) is -1.51. The van der Waals surface area contributed by atoms with E-state index in [0.717, 1.165) is 57.3 Å².